The Balaban J connectivity index is 2.26. The number of nitrogens with zero attached hydrogens (tertiary/aromatic N) is 1. The van der Waals surface area contributed by atoms with E-state index in [0.717, 1.165) is 0 Å². The molecule has 9 heteroatoms. The van der Waals surface area contributed by atoms with Crippen molar-refractivity contribution in [2.75, 3.05) is 6.54 Å². The van der Waals surface area contributed by atoms with Gasteiger partial charge in [-0.25, -0.2) is 0 Å². The third-order valence-electron chi connectivity index (χ3n) is 5.43. The molecule has 0 spiro atoms. The normalized spacial score (nSPS) is 29.0. The van der Waals surface area contributed by atoms with Gasteiger partial charge in [-0.1, -0.05) is 34.6 Å². The summed E-state index contributed by atoms with van der Waals surface area (Å²) in [5.74, 6) is -3.60. The Kier molecular flexibility index (Phi) is 4.38. The van der Waals surface area contributed by atoms with Crippen molar-refractivity contribution in [1.29, 1.82) is 0 Å². The monoisotopic (exact) mass is 363 g/mol. The average molecular weight is 363 g/mol. The summed E-state index contributed by atoms with van der Waals surface area (Å²) < 4.78 is 37.8. The van der Waals surface area contributed by atoms with Crippen LogP contribution in [-0.2, 0) is 14.4 Å². The fraction of sp³-hybridized carbons (Fsp3) is 0.812. The number of halogens is 3. The van der Waals surface area contributed by atoms with Crippen molar-refractivity contribution in [2.24, 2.45) is 28.4 Å². The van der Waals surface area contributed by atoms with Crippen molar-refractivity contribution in [3.63, 3.8) is 0 Å². The summed E-state index contributed by atoms with van der Waals surface area (Å²) in [6.07, 6.45) is -5.10. The molecule has 3 amide bonds. The van der Waals surface area contributed by atoms with Crippen molar-refractivity contribution in [1.82, 2.24) is 10.2 Å². The Labute approximate surface area is 144 Å². The molecule has 0 aromatic carbocycles. The SMILES string of the molecule is CC(C)(C)C(NC(=O)C(F)(F)F)C(=O)N1CC2C(C1C(N)=O)C2(C)C. The van der Waals surface area contributed by atoms with Crippen LogP contribution in [0.3, 0.4) is 0 Å². The first-order chi connectivity index (χ1) is 11.1. The largest absolute Gasteiger partial charge is 0.471 e. The fourth-order valence-corrected chi connectivity index (χ4v) is 3.87. The van der Waals surface area contributed by atoms with Crippen molar-refractivity contribution in [3.8, 4) is 0 Å². The predicted octanol–water partition coefficient (Wildman–Crippen LogP) is 1.05. The van der Waals surface area contributed by atoms with E-state index in [1.807, 2.05) is 13.8 Å². The van der Waals surface area contributed by atoms with Crippen LogP contribution >= 0.6 is 0 Å². The van der Waals surface area contributed by atoms with E-state index in [1.54, 1.807) is 26.1 Å². The molecule has 2 rings (SSSR count). The lowest BCUT2D eigenvalue weighted by Crippen LogP contribution is -2.60. The van der Waals surface area contributed by atoms with Gasteiger partial charge >= 0.3 is 12.1 Å². The molecule has 0 bridgehead atoms. The molecule has 4 unspecified atom stereocenters. The highest BCUT2D eigenvalue weighted by Gasteiger charge is 2.69. The van der Waals surface area contributed by atoms with E-state index >= 15 is 0 Å². The number of primary amides is 1. The van der Waals surface area contributed by atoms with Crippen molar-refractivity contribution in [3.05, 3.63) is 0 Å². The fourth-order valence-electron chi connectivity index (χ4n) is 3.87. The number of hydrogen-bond donors (Lipinski definition) is 2. The molecule has 25 heavy (non-hydrogen) atoms. The lowest BCUT2D eigenvalue weighted by Gasteiger charge is -2.37. The van der Waals surface area contributed by atoms with Gasteiger partial charge in [0.25, 0.3) is 0 Å². The number of nitrogens with two attached hydrogens (primary N) is 1. The van der Waals surface area contributed by atoms with E-state index in [9.17, 15) is 27.6 Å². The summed E-state index contributed by atoms with van der Waals surface area (Å²) in [6, 6.07) is -2.27. The Morgan fingerprint density at radius 1 is 1.20 bits per heavy atom. The molecule has 6 nitrogen and oxygen atoms in total. The number of carbonyl (C=O) groups is 3. The van der Waals surface area contributed by atoms with Gasteiger partial charge in [0.1, 0.15) is 12.1 Å². The summed E-state index contributed by atoms with van der Waals surface area (Å²) in [7, 11) is 0. The quantitative estimate of drug-likeness (QED) is 0.785. The number of hydrogen-bond acceptors (Lipinski definition) is 3. The van der Waals surface area contributed by atoms with E-state index in [4.69, 9.17) is 5.73 Å². The summed E-state index contributed by atoms with van der Waals surface area (Å²) in [4.78, 5) is 37.3. The molecular weight excluding hydrogens is 339 g/mol. The van der Waals surface area contributed by atoms with E-state index in [2.05, 4.69) is 0 Å². The summed E-state index contributed by atoms with van der Waals surface area (Å²) in [5, 5.41) is 1.78. The minimum absolute atomic E-state index is 0.0767. The van der Waals surface area contributed by atoms with E-state index < -0.39 is 41.4 Å². The van der Waals surface area contributed by atoms with Crippen LogP contribution in [-0.4, -0.2) is 47.4 Å². The molecule has 3 N–H and O–H groups in total. The topological polar surface area (TPSA) is 92.5 Å². The van der Waals surface area contributed by atoms with Gasteiger partial charge in [0.15, 0.2) is 0 Å². The van der Waals surface area contributed by atoms with Gasteiger partial charge in [0.2, 0.25) is 11.8 Å². The second-order valence-corrected chi connectivity index (χ2v) is 8.56. The van der Waals surface area contributed by atoms with Crippen LogP contribution in [0.4, 0.5) is 13.2 Å². The summed E-state index contributed by atoms with van der Waals surface area (Å²) in [6.45, 7) is 8.82. The number of rotatable bonds is 3. The molecule has 1 saturated heterocycles. The minimum atomic E-state index is -5.10. The zero-order valence-electron chi connectivity index (χ0n) is 14.9. The van der Waals surface area contributed by atoms with Gasteiger partial charge in [-0.05, 0) is 22.7 Å². The van der Waals surface area contributed by atoms with Gasteiger partial charge in [-0.3, -0.25) is 14.4 Å². The molecule has 1 aliphatic carbocycles. The lowest BCUT2D eigenvalue weighted by molar-refractivity contribution is -0.176. The van der Waals surface area contributed by atoms with Crippen molar-refractivity contribution < 1.29 is 27.6 Å². The number of likely N-dealkylation sites (tertiary alicyclic amines) is 1. The highest BCUT2D eigenvalue weighted by molar-refractivity contribution is 5.94. The third kappa shape index (κ3) is 3.32. The van der Waals surface area contributed by atoms with Crippen LogP contribution in [0.5, 0.6) is 0 Å². The van der Waals surface area contributed by atoms with Gasteiger partial charge in [0.05, 0.1) is 0 Å². The highest BCUT2D eigenvalue weighted by atomic mass is 19.4. The van der Waals surface area contributed by atoms with Crippen LogP contribution < -0.4 is 11.1 Å². The summed E-state index contributed by atoms with van der Waals surface area (Å²) in [5.41, 5.74) is 4.34. The first kappa shape index (κ1) is 19.5. The van der Waals surface area contributed by atoms with E-state index in [1.165, 1.54) is 4.90 Å². The van der Waals surface area contributed by atoms with Gasteiger partial charge in [-0.2, -0.15) is 13.2 Å². The maximum atomic E-state index is 12.9. The molecule has 0 radical (unpaired) electrons. The zero-order valence-corrected chi connectivity index (χ0v) is 14.9. The Morgan fingerprint density at radius 3 is 2.12 bits per heavy atom. The first-order valence-corrected chi connectivity index (χ1v) is 8.07. The second-order valence-electron chi connectivity index (χ2n) is 8.56. The first-order valence-electron chi connectivity index (χ1n) is 8.07. The maximum Gasteiger partial charge on any atom is 0.471 e. The standard InChI is InChI=1S/C16H24F3N3O3/c1-14(2,3)10(21-13(25)16(17,18)19)12(24)22-6-7-8(15(7,4)5)9(22)11(20)23/h7-10H,6H2,1-5H3,(H2,20,23)(H,21,25). The van der Waals surface area contributed by atoms with Gasteiger partial charge in [0, 0.05) is 6.54 Å². The lowest BCUT2D eigenvalue weighted by atomic mass is 9.85. The predicted molar refractivity (Wildman–Crippen MR) is 82.9 cm³/mol. The smallest absolute Gasteiger partial charge is 0.368 e. The number of fused-ring (bicyclic) bond motifs is 1. The van der Waals surface area contributed by atoms with Crippen LogP contribution in [0.25, 0.3) is 0 Å². The van der Waals surface area contributed by atoms with Crippen LogP contribution in [0.1, 0.15) is 34.6 Å². The van der Waals surface area contributed by atoms with Crippen molar-refractivity contribution >= 4 is 17.7 Å². The number of nitrogens with one attached hydrogen (secondary N) is 1. The molecule has 2 aliphatic rings. The van der Waals surface area contributed by atoms with Crippen LogP contribution in [0.15, 0.2) is 0 Å². The molecule has 0 aromatic rings. The Bertz CT molecular complexity index is 610. The number of carbonyl (C=O) groups excluding carboxylic acids is 3. The maximum absolute atomic E-state index is 12.9. The van der Waals surface area contributed by atoms with E-state index in [0.29, 0.717) is 0 Å². The molecule has 142 valence electrons. The molecule has 1 aliphatic heterocycles. The van der Waals surface area contributed by atoms with Crippen molar-refractivity contribution in [2.45, 2.75) is 52.9 Å². The molecular formula is C16H24F3N3O3. The number of alkyl halides is 3. The summed E-state index contributed by atoms with van der Waals surface area (Å²) >= 11 is 0. The zero-order chi connectivity index (χ0) is 19.5. The minimum Gasteiger partial charge on any atom is -0.368 e. The Hall–Kier alpha value is -1.80. The van der Waals surface area contributed by atoms with Crippen LogP contribution in [0.2, 0.25) is 0 Å². The van der Waals surface area contributed by atoms with Gasteiger partial charge in [-0.15, -0.1) is 0 Å². The molecule has 2 fully saturated rings. The van der Waals surface area contributed by atoms with E-state index in [-0.39, 0.29) is 23.8 Å². The number of piperidine rings is 1. The molecule has 0 aromatic heterocycles. The number of amides is 3. The molecule has 1 heterocycles. The highest BCUT2D eigenvalue weighted by Crippen LogP contribution is 2.64. The third-order valence-corrected chi connectivity index (χ3v) is 5.43. The second kappa shape index (κ2) is 5.60. The molecule has 1 saturated carbocycles. The molecule has 4 atom stereocenters. The van der Waals surface area contributed by atoms with Crippen LogP contribution in [0, 0.1) is 22.7 Å². The Morgan fingerprint density at radius 2 is 1.72 bits per heavy atom. The van der Waals surface area contributed by atoms with Gasteiger partial charge < -0.3 is 16.0 Å². The average Bonchev–Trinajstić information content (AvgIpc) is 2.82.